The molecule has 1 aromatic carbocycles. The fourth-order valence-corrected chi connectivity index (χ4v) is 3.94. The van der Waals surface area contributed by atoms with Crippen LogP contribution in [0.3, 0.4) is 0 Å². The number of hydrogen-bond acceptors (Lipinski definition) is 3. The molecule has 0 radical (unpaired) electrons. The molecule has 142 valence electrons. The molecule has 2 N–H and O–H groups in total. The molecule has 2 rings (SSSR count). The number of anilines is 1. The van der Waals surface area contributed by atoms with Gasteiger partial charge < -0.3 is 5.32 Å². The lowest BCUT2D eigenvalue weighted by Gasteiger charge is -2.18. The van der Waals surface area contributed by atoms with Crippen LogP contribution in [0.1, 0.15) is 25.8 Å². The molecule has 25 heavy (non-hydrogen) atoms. The highest BCUT2D eigenvalue weighted by Crippen LogP contribution is 2.21. The third kappa shape index (κ3) is 5.95. The summed E-state index contributed by atoms with van der Waals surface area (Å²) < 4.78 is 41.5. The molecule has 0 aliphatic carbocycles. The summed E-state index contributed by atoms with van der Waals surface area (Å²) in [5.41, 5.74) is 0.958. The molecular weight excluding hydrogens is 365 g/mol. The average molecular weight is 392 g/mol. The van der Waals surface area contributed by atoms with E-state index in [-0.39, 0.29) is 37.7 Å². The maximum absolute atomic E-state index is 13.3. The van der Waals surface area contributed by atoms with Gasteiger partial charge in [0, 0.05) is 25.3 Å². The van der Waals surface area contributed by atoms with Crippen molar-refractivity contribution in [3.63, 3.8) is 0 Å². The summed E-state index contributed by atoms with van der Waals surface area (Å²) in [6, 6.07) is 4.35. The van der Waals surface area contributed by atoms with Crippen molar-refractivity contribution >= 4 is 35.3 Å². The van der Waals surface area contributed by atoms with E-state index < -0.39 is 16.1 Å². The standard InChI is InChI=1S/C16H24FN3O3S.H2S/c1-11(2)9-18-24(22,23)20-7-6-13(10-20)16(21)19-14-4-5-15(17)12(3)8-14;/h4-5,8,11,13,18H,6-7,9-10H2,1-3H3,(H,19,21);1H2/t13-;/m0./s1. The Hall–Kier alpha value is -1.16. The third-order valence-electron chi connectivity index (χ3n) is 3.96. The highest BCUT2D eigenvalue weighted by Gasteiger charge is 2.34. The molecule has 1 aromatic rings. The van der Waals surface area contributed by atoms with Crippen LogP contribution in [0.25, 0.3) is 0 Å². The van der Waals surface area contributed by atoms with Crippen LogP contribution in [0, 0.1) is 24.6 Å². The zero-order valence-corrected chi connectivity index (χ0v) is 16.5. The Kier molecular flexibility index (Phi) is 7.86. The minimum Gasteiger partial charge on any atom is -0.326 e. The lowest BCUT2D eigenvalue weighted by Crippen LogP contribution is -2.41. The number of aryl methyl sites for hydroxylation is 1. The summed E-state index contributed by atoms with van der Waals surface area (Å²) >= 11 is 0. The molecule has 0 bridgehead atoms. The molecule has 0 unspecified atom stereocenters. The zero-order valence-electron chi connectivity index (χ0n) is 14.7. The number of carbonyl (C=O) groups excluding carboxylic acids is 1. The predicted octanol–water partition coefficient (Wildman–Crippen LogP) is 2.00. The van der Waals surface area contributed by atoms with Crippen molar-refractivity contribution in [3.8, 4) is 0 Å². The Balaban J connectivity index is 0.00000312. The Labute approximate surface area is 155 Å². The van der Waals surface area contributed by atoms with Gasteiger partial charge in [0.15, 0.2) is 0 Å². The fraction of sp³-hybridized carbons (Fsp3) is 0.562. The zero-order chi connectivity index (χ0) is 17.9. The lowest BCUT2D eigenvalue weighted by molar-refractivity contribution is -0.119. The van der Waals surface area contributed by atoms with Crippen molar-refractivity contribution < 1.29 is 17.6 Å². The molecule has 1 atom stereocenters. The first-order chi connectivity index (χ1) is 11.2. The van der Waals surface area contributed by atoms with E-state index in [0.29, 0.717) is 30.8 Å². The molecule has 0 spiro atoms. The number of hydrogen-bond donors (Lipinski definition) is 2. The number of nitrogens with zero attached hydrogens (tertiary/aromatic N) is 1. The first-order valence-electron chi connectivity index (χ1n) is 8.01. The second-order valence-electron chi connectivity index (χ2n) is 6.54. The van der Waals surface area contributed by atoms with Gasteiger partial charge in [0.05, 0.1) is 5.92 Å². The number of rotatable bonds is 6. The Morgan fingerprint density at radius 2 is 2.08 bits per heavy atom. The van der Waals surface area contributed by atoms with Crippen molar-refractivity contribution in [3.05, 3.63) is 29.6 Å². The van der Waals surface area contributed by atoms with Crippen molar-refractivity contribution in [2.75, 3.05) is 25.0 Å². The lowest BCUT2D eigenvalue weighted by atomic mass is 10.1. The highest BCUT2D eigenvalue weighted by atomic mass is 32.2. The van der Waals surface area contributed by atoms with Crippen LogP contribution in [0.15, 0.2) is 18.2 Å². The molecule has 6 nitrogen and oxygen atoms in total. The number of halogens is 1. The number of nitrogens with one attached hydrogen (secondary N) is 2. The highest BCUT2D eigenvalue weighted by molar-refractivity contribution is 7.87. The number of benzene rings is 1. The summed E-state index contributed by atoms with van der Waals surface area (Å²) in [7, 11) is -3.55. The SMILES string of the molecule is Cc1cc(NC(=O)[C@H]2CCN(S(=O)(=O)NCC(C)C)C2)ccc1F.S. The van der Waals surface area contributed by atoms with E-state index in [1.165, 1.54) is 16.4 Å². The van der Waals surface area contributed by atoms with E-state index in [1.54, 1.807) is 13.0 Å². The normalized spacial score (nSPS) is 18.2. The minimum atomic E-state index is -3.55. The van der Waals surface area contributed by atoms with Crippen LogP contribution in [0.4, 0.5) is 10.1 Å². The monoisotopic (exact) mass is 391 g/mol. The van der Waals surface area contributed by atoms with Crippen LogP contribution in [0.5, 0.6) is 0 Å². The van der Waals surface area contributed by atoms with E-state index in [1.807, 2.05) is 13.8 Å². The smallest absolute Gasteiger partial charge is 0.279 e. The molecule has 0 saturated carbocycles. The van der Waals surface area contributed by atoms with Crippen LogP contribution in [-0.2, 0) is 15.0 Å². The maximum Gasteiger partial charge on any atom is 0.279 e. The first-order valence-corrected chi connectivity index (χ1v) is 9.45. The molecule has 1 aliphatic heterocycles. The largest absolute Gasteiger partial charge is 0.326 e. The van der Waals surface area contributed by atoms with Gasteiger partial charge in [-0.05, 0) is 43.0 Å². The minimum absolute atomic E-state index is 0. The molecule has 9 heteroatoms. The Morgan fingerprint density at radius 1 is 1.40 bits per heavy atom. The van der Waals surface area contributed by atoms with Gasteiger partial charge in [-0.25, -0.2) is 9.11 Å². The summed E-state index contributed by atoms with van der Waals surface area (Å²) in [5.74, 6) is -0.779. The van der Waals surface area contributed by atoms with Crippen molar-refractivity contribution in [1.29, 1.82) is 0 Å². The van der Waals surface area contributed by atoms with E-state index in [2.05, 4.69) is 10.0 Å². The van der Waals surface area contributed by atoms with Crippen LogP contribution in [-0.4, -0.2) is 38.3 Å². The predicted molar refractivity (Wildman–Crippen MR) is 102 cm³/mol. The number of amides is 1. The van der Waals surface area contributed by atoms with E-state index in [4.69, 9.17) is 0 Å². The second kappa shape index (κ2) is 8.98. The molecule has 1 fully saturated rings. The molecule has 1 saturated heterocycles. The van der Waals surface area contributed by atoms with Gasteiger partial charge >= 0.3 is 0 Å². The summed E-state index contributed by atoms with van der Waals surface area (Å²) in [5, 5.41) is 2.73. The van der Waals surface area contributed by atoms with Crippen molar-refractivity contribution in [2.45, 2.75) is 27.2 Å². The van der Waals surface area contributed by atoms with Gasteiger partial charge in [0.1, 0.15) is 5.82 Å². The topological polar surface area (TPSA) is 78.5 Å². The van der Waals surface area contributed by atoms with Gasteiger partial charge in [-0.15, -0.1) is 0 Å². The van der Waals surface area contributed by atoms with E-state index >= 15 is 0 Å². The Bertz CT molecular complexity index is 711. The fourth-order valence-electron chi connectivity index (χ4n) is 2.49. The summed E-state index contributed by atoms with van der Waals surface area (Å²) in [6.45, 7) is 6.30. The van der Waals surface area contributed by atoms with Gasteiger partial charge in [0.25, 0.3) is 10.2 Å². The van der Waals surface area contributed by atoms with Crippen LogP contribution < -0.4 is 10.0 Å². The van der Waals surface area contributed by atoms with Crippen LogP contribution >= 0.6 is 13.5 Å². The van der Waals surface area contributed by atoms with E-state index in [9.17, 15) is 17.6 Å². The molecular formula is C16H26FN3O3S2. The summed E-state index contributed by atoms with van der Waals surface area (Å²) in [6.07, 6.45) is 0.467. The van der Waals surface area contributed by atoms with Gasteiger partial charge in [-0.1, -0.05) is 13.8 Å². The quantitative estimate of drug-likeness (QED) is 0.778. The molecule has 1 amide bonds. The van der Waals surface area contributed by atoms with Crippen molar-refractivity contribution in [2.24, 2.45) is 11.8 Å². The Morgan fingerprint density at radius 3 is 2.68 bits per heavy atom. The summed E-state index contributed by atoms with van der Waals surface area (Å²) in [4.78, 5) is 12.3. The van der Waals surface area contributed by atoms with Gasteiger partial charge in [-0.3, -0.25) is 4.79 Å². The first kappa shape index (κ1) is 21.9. The molecule has 0 aromatic heterocycles. The molecule has 1 heterocycles. The second-order valence-corrected chi connectivity index (χ2v) is 8.30. The average Bonchev–Trinajstić information content (AvgIpc) is 3.00. The van der Waals surface area contributed by atoms with Gasteiger partial charge in [0.2, 0.25) is 5.91 Å². The van der Waals surface area contributed by atoms with Crippen LogP contribution in [0.2, 0.25) is 0 Å². The van der Waals surface area contributed by atoms with Gasteiger partial charge in [-0.2, -0.15) is 26.2 Å². The maximum atomic E-state index is 13.3. The van der Waals surface area contributed by atoms with Crippen molar-refractivity contribution in [1.82, 2.24) is 9.03 Å². The number of carbonyl (C=O) groups is 1. The third-order valence-corrected chi connectivity index (χ3v) is 5.50. The molecule has 1 aliphatic rings. The van der Waals surface area contributed by atoms with E-state index in [0.717, 1.165) is 0 Å².